The Bertz CT molecular complexity index is 658. The van der Waals surface area contributed by atoms with Crippen LogP contribution in [0.3, 0.4) is 0 Å². The smallest absolute Gasteiger partial charge is 0.256 e. The molecule has 3 heterocycles. The molecule has 0 unspecified atom stereocenters. The van der Waals surface area contributed by atoms with Crippen LogP contribution >= 0.6 is 0 Å². The Morgan fingerprint density at radius 1 is 1.18 bits per heavy atom. The minimum atomic E-state index is 0.00694. The van der Waals surface area contributed by atoms with Crippen molar-refractivity contribution in [3.8, 4) is 0 Å². The van der Waals surface area contributed by atoms with Crippen LogP contribution in [0.1, 0.15) is 41.9 Å². The Kier molecular flexibility index (Phi) is 7.33. The van der Waals surface area contributed by atoms with Crippen LogP contribution in [-0.4, -0.2) is 84.1 Å². The number of ether oxygens (including phenoxy) is 1. The third-order valence-electron chi connectivity index (χ3n) is 5.72. The lowest BCUT2D eigenvalue weighted by atomic mass is 9.93. The summed E-state index contributed by atoms with van der Waals surface area (Å²) in [5, 5.41) is 2.97. The van der Waals surface area contributed by atoms with Crippen molar-refractivity contribution in [1.29, 1.82) is 0 Å². The van der Waals surface area contributed by atoms with Gasteiger partial charge in [0.1, 0.15) is 5.82 Å². The zero-order chi connectivity index (χ0) is 19.9. The number of rotatable bonds is 6. The maximum atomic E-state index is 12.6. The van der Waals surface area contributed by atoms with E-state index in [1.807, 2.05) is 11.8 Å². The summed E-state index contributed by atoms with van der Waals surface area (Å²) in [5.41, 5.74) is 0.551. The molecule has 154 valence electrons. The molecule has 2 saturated heterocycles. The van der Waals surface area contributed by atoms with Crippen LogP contribution < -0.4 is 5.32 Å². The second-order valence-electron chi connectivity index (χ2n) is 7.66. The average molecular weight is 390 g/mol. The molecule has 2 fully saturated rings. The molecule has 1 N–H and O–H groups in total. The summed E-state index contributed by atoms with van der Waals surface area (Å²) >= 11 is 0. The highest BCUT2D eigenvalue weighted by Gasteiger charge is 2.32. The lowest BCUT2D eigenvalue weighted by molar-refractivity contribution is -0.127. The van der Waals surface area contributed by atoms with Crippen molar-refractivity contribution in [3.63, 3.8) is 0 Å². The van der Waals surface area contributed by atoms with E-state index in [0.717, 1.165) is 51.9 Å². The summed E-state index contributed by atoms with van der Waals surface area (Å²) < 4.78 is 5.00. The van der Waals surface area contributed by atoms with Crippen molar-refractivity contribution in [2.75, 3.05) is 46.4 Å². The van der Waals surface area contributed by atoms with E-state index in [4.69, 9.17) is 4.74 Å². The van der Waals surface area contributed by atoms with Gasteiger partial charge < -0.3 is 15.0 Å². The molecule has 2 aliphatic rings. The highest BCUT2D eigenvalue weighted by molar-refractivity contribution is 5.93. The molecule has 0 aliphatic carbocycles. The van der Waals surface area contributed by atoms with Gasteiger partial charge in [-0.05, 0) is 39.2 Å². The Morgan fingerprint density at radius 2 is 1.89 bits per heavy atom. The average Bonchev–Trinajstić information content (AvgIpc) is 2.74. The number of aromatic nitrogens is 2. The molecule has 2 aliphatic heterocycles. The molecule has 0 radical (unpaired) electrons. The van der Waals surface area contributed by atoms with E-state index in [1.54, 1.807) is 19.5 Å². The van der Waals surface area contributed by atoms with Crippen LogP contribution in [0.5, 0.6) is 0 Å². The molecule has 0 aromatic carbocycles. The molecule has 2 amide bonds. The van der Waals surface area contributed by atoms with E-state index < -0.39 is 0 Å². The molecule has 1 aromatic rings. The van der Waals surface area contributed by atoms with Gasteiger partial charge in [-0.3, -0.25) is 14.5 Å². The lowest BCUT2D eigenvalue weighted by Gasteiger charge is -2.42. The Morgan fingerprint density at radius 3 is 2.57 bits per heavy atom. The predicted molar refractivity (Wildman–Crippen MR) is 105 cm³/mol. The maximum Gasteiger partial charge on any atom is 0.256 e. The Balaban J connectivity index is 1.48. The fourth-order valence-corrected chi connectivity index (χ4v) is 4.09. The highest BCUT2D eigenvalue weighted by atomic mass is 16.5. The number of aryl methyl sites for hydroxylation is 1. The molecule has 1 atom stereocenters. The zero-order valence-electron chi connectivity index (χ0n) is 16.9. The van der Waals surface area contributed by atoms with Crippen molar-refractivity contribution in [2.24, 2.45) is 5.92 Å². The van der Waals surface area contributed by atoms with Crippen LogP contribution in [-0.2, 0) is 9.53 Å². The molecule has 8 nitrogen and oxygen atoms in total. The van der Waals surface area contributed by atoms with Crippen LogP contribution in [0.2, 0.25) is 0 Å². The van der Waals surface area contributed by atoms with Crippen LogP contribution in [0.15, 0.2) is 12.4 Å². The zero-order valence-corrected chi connectivity index (χ0v) is 16.9. The third kappa shape index (κ3) is 5.26. The molecular formula is C20H31N5O3. The molecule has 0 saturated carbocycles. The van der Waals surface area contributed by atoms with E-state index >= 15 is 0 Å². The van der Waals surface area contributed by atoms with Crippen molar-refractivity contribution in [1.82, 2.24) is 25.1 Å². The second-order valence-corrected chi connectivity index (χ2v) is 7.66. The lowest BCUT2D eigenvalue weighted by Crippen LogP contribution is -2.51. The number of carbonyl (C=O) groups excluding carboxylic acids is 2. The summed E-state index contributed by atoms with van der Waals surface area (Å²) in [6, 6.07) is 0.438. The quantitative estimate of drug-likeness (QED) is 0.727. The fraction of sp³-hybridized carbons (Fsp3) is 0.700. The van der Waals surface area contributed by atoms with Crippen molar-refractivity contribution in [3.05, 3.63) is 23.8 Å². The monoisotopic (exact) mass is 389 g/mol. The van der Waals surface area contributed by atoms with Gasteiger partial charge in [0, 0.05) is 51.7 Å². The Hall–Kier alpha value is -2.06. The number of methoxy groups -OCH3 is 1. The molecule has 3 rings (SSSR count). The first-order valence-electron chi connectivity index (χ1n) is 10.2. The van der Waals surface area contributed by atoms with Gasteiger partial charge in [0.05, 0.1) is 18.1 Å². The van der Waals surface area contributed by atoms with E-state index in [1.165, 1.54) is 0 Å². The summed E-state index contributed by atoms with van der Waals surface area (Å²) in [6.07, 6.45) is 7.08. The van der Waals surface area contributed by atoms with Crippen LogP contribution in [0, 0.1) is 12.8 Å². The number of nitrogens with one attached hydrogen (secondary N) is 1. The van der Waals surface area contributed by atoms with Gasteiger partial charge in [0.15, 0.2) is 0 Å². The van der Waals surface area contributed by atoms with E-state index in [-0.39, 0.29) is 17.7 Å². The summed E-state index contributed by atoms with van der Waals surface area (Å²) in [6.45, 7) is 6.23. The minimum absolute atomic E-state index is 0.00694. The molecule has 8 heteroatoms. The second kappa shape index (κ2) is 9.93. The third-order valence-corrected chi connectivity index (χ3v) is 5.72. The molecule has 1 aromatic heterocycles. The number of piperidine rings is 2. The summed E-state index contributed by atoms with van der Waals surface area (Å²) in [7, 11) is 1.64. The number of hydrogen-bond donors (Lipinski definition) is 1. The standard InChI is InChI=1S/C20H31N5O3/c1-15-22-12-17(13-23-15)20(27)24-9-5-18(6-10-24)25-8-3-4-16(14-25)19(26)21-7-11-28-2/h12-13,16,18H,3-11,14H2,1-2H3,(H,21,26)/t16-/m0/s1. The van der Waals surface area contributed by atoms with Gasteiger partial charge in [-0.1, -0.05) is 0 Å². The topological polar surface area (TPSA) is 87.7 Å². The van der Waals surface area contributed by atoms with E-state index in [2.05, 4.69) is 20.2 Å². The van der Waals surface area contributed by atoms with Gasteiger partial charge in [-0.2, -0.15) is 0 Å². The largest absolute Gasteiger partial charge is 0.383 e. The number of hydrogen-bond acceptors (Lipinski definition) is 6. The van der Waals surface area contributed by atoms with Gasteiger partial charge >= 0.3 is 0 Å². The molecular weight excluding hydrogens is 358 g/mol. The molecule has 28 heavy (non-hydrogen) atoms. The number of carbonyl (C=O) groups is 2. The van der Waals surface area contributed by atoms with Gasteiger partial charge in [0.25, 0.3) is 5.91 Å². The van der Waals surface area contributed by atoms with Gasteiger partial charge in [-0.25, -0.2) is 9.97 Å². The number of amides is 2. The molecule has 0 spiro atoms. The van der Waals surface area contributed by atoms with Crippen molar-refractivity contribution >= 4 is 11.8 Å². The Labute approximate surface area is 166 Å². The summed E-state index contributed by atoms with van der Waals surface area (Å²) in [4.78, 5) is 37.6. The van der Waals surface area contributed by atoms with Crippen molar-refractivity contribution < 1.29 is 14.3 Å². The van der Waals surface area contributed by atoms with Crippen molar-refractivity contribution in [2.45, 2.75) is 38.6 Å². The maximum absolute atomic E-state index is 12.6. The van der Waals surface area contributed by atoms with Crippen LogP contribution in [0.25, 0.3) is 0 Å². The number of likely N-dealkylation sites (tertiary alicyclic amines) is 2. The predicted octanol–water partition coefficient (Wildman–Crippen LogP) is 0.864. The van der Waals surface area contributed by atoms with Crippen LogP contribution in [0.4, 0.5) is 0 Å². The first-order chi connectivity index (χ1) is 13.6. The van der Waals surface area contributed by atoms with E-state index in [0.29, 0.717) is 30.6 Å². The summed E-state index contributed by atoms with van der Waals surface area (Å²) in [5.74, 6) is 0.859. The first kappa shape index (κ1) is 20.7. The normalized spacial score (nSPS) is 21.5. The molecule has 0 bridgehead atoms. The van der Waals surface area contributed by atoms with Gasteiger partial charge in [0.2, 0.25) is 5.91 Å². The highest BCUT2D eigenvalue weighted by Crippen LogP contribution is 2.24. The first-order valence-corrected chi connectivity index (χ1v) is 10.2. The number of nitrogens with zero attached hydrogens (tertiary/aromatic N) is 4. The van der Waals surface area contributed by atoms with E-state index in [9.17, 15) is 9.59 Å². The fourth-order valence-electron chi connectivity index (χ4n) is 4.09. The SMILES string of the molecule is COCCNC(=O)[C@H]1CCCN(C2CCN(C(=O)c3cnc(C)nc3)CC2)C1. The minimum Gasteiger partial charge on any atom is -0.383 e. The van der Waals surface area contributed by atoms with Gasteiger partial charge in [-0.15, -0.1) is 0 Å².